The van der Waals surface area contributed by atoms with Crippen LogP contribution in [0.2, 0.25) is 0 Å². The number of carbonyl (C=O) groups is 2. The van der Waals surface area contributed by atoms with Gasteiger partial charge in [0.2, 0.25) is 11.9 Å². The van der Waals surface area contributed by atoms with E-state index in [1.807, 2.05) is 30.5 Å². The maximum Gasteiger partial charge on any atom is 0.375 e. The first-order valence-electron chi connectivity index (χ1n) is 7.01. The Morgan fingerprint density at radius 2 is 2.18 bits per heavy atom. The van der Waals surface area contributed by atoms with Gasteiger partial charge in [0.25, 0.3) is 0 Å². The molecule has 0 unspecified atom stereocenters. The molecule has 0 aliphatic carbocycles. The van der Waals surface area contributed by atoms with Crippen LogP contribution in [0, 0.1) is 0 Å². The van der Waals surface area contributed by atoms with Crippen LogP contribution < -0.4 is 0 Å². The average Bonchev–Trinajstić information content (AvgIpc) is 3.00. The molecule has 22 heavy (non-hydrogen) atoms. The number of benzene rings is 1. The van der Waals surface area contributed by atoms with Crippen molar-refractivity contribution in [3.8, 4) is 0 Å². The molecule has 2 heterocycles. The van der Waals surface area contributed by atoms with Gasteiger partial charge in [-0.05, 0) is 19.2 Å². The van der Waals surface area contributed by atoms with Crippen molar-refractivity contribution >= 4 is 34.7 Å². The van der Waals surface area contributed by atoms with Crippen LogP contribution in [-0.4, -0.2) is 30.4 Å². The third-order valence-electron chi connectivity index (χ3n) is 3.55. The Balaban J connectivity index is 1.90. The van der Waals surface area contributed by atoms with Crippen molar-refractivity contribution in [1.29, 1.82) is 0 Å². The van der Waals surface area contributed by atoms with E-state index in [1.54, 1.807) is 18.7 Å². The smallest absolute Gasteiger partial charge is 0.375 e. The summed E-state index contributed by atoms with van der Waals surface area (Å²) in [4.78, 5) is 24.0. The van der Waals surface area contributed by atoms with Crippen LogP contribution in [0.4, 0.5) is 0 Å². The zero-order valence-corrected chi connectivity index (χ0v) is 13.1. The standard InChI is InChI=1S/C16H16O5S/c1-9-7-13(15(17)19-9)21-16(18)14-11(8-22-2)10-5-3-4-6-12(10)20-14/h3-6,9,13H,7-8H2,1-2H3/t9-,13-/m1/s1. The lowest BCUT2D eigenvalue weighted by Crippen LogP contribution is -2.23. The lowest BCUT2D eigenvalue weighted by atomic mass is 10.1. The molecule has 0 spiro atoms. The van der Waals surface area contributed by atoms with E-state index in [4.69, 9.17) is 13.9 Å². The van der Waals surface area contributed by atoms with Gasteiger partial charge in [-0.1, -0.05) is 18.2 Å². The van der Waals surface area contributed by atoms with Gasteiger partial charge >= 0.3 is 11.9 Å². The number of hydrogen-bond acceptors (Lipinski definition) is 6. The highest BCUT2D eigenvalue weighted by molar-refractivity contribution is 7.97. The van der Waals surface area contributed by atoms with Crippen LogP contribution in [0.15, 0.2) is 28.7 Å². The Morgan fingerprint density at radius 1 is 1.41 bits per heavy atom. The minimum atomic E-state index is -0.849. The van der Waals surface area contributed by atoms with Crippen molar-refractivity contribution in [2.75, 3.05) is 6.26 Å². The van der Waals surface area contributed by atoms with E-state index >= 15 is 0 Å². The highest BCUT2D eigenvalue weighted by Gasteiger charge is 2.36. The maximum absolute atomic E-state index is 12.4. The first-order chi connectivity index (χ1) is 10.6. The van der Waals surface area contributed by atoms with Crippen LogP contribution in [0.3, 0.4) is 0 Å². The number of furan rings is 1. The van der Waals surface area contributed by atoms with Crippen molar-refractivity contribution < 1.29 is 23.5 Å². The predicted octanol–water partition coefficient (Wildman–Crippen LogP) is 3.16. The molecule has 1 saturated heterocycles. The molecule has 1 aromatic heterocycles. The van der Waals surface area contributed by atoms with Gasteiger partial charge in [-0.2, -0.15) is 11.8 Å². The summed E-state index contributed by atoms with van der Waals surface area (Å²) in [7, 11) is 0. The van der Waals surface area contributed by atoms with Gasteiger partial charge in [-0.3, -0.25) is 0 Å². The molecule has 1 aromatic carbocycles. The number of hydrogen-bond donors (Lipinski definition) is 0. The molecule has 0 saturated carbocycles. The zero-order chi connectivity index (χ0) is 15.7. The van der Waals surface area contributed by atoms with Gasteiger partial charge in [0.05, 0.1) is 0 Å². The Hall–Kier alpha value is -1.95. The first kappa shape index (κ1) is 15.0. The normalized spacial score (nSPS) is 21.1. The van der Waals surface area contributed by atoms with Crippen molar-refractivity contribution in [1.82, 2.24) is 0 Å². The van der Waals surface area contributed by atoms with Crippen molar-refractivity contribution in [3.05, 3.63) is 35.6 Å². The molecule has 116 valence electrons. The van der Waals surface area contributed by atoms with Crippen LogP contribution in [0.25, 0.3) is 11.0 Å². The summed E-state index contributed by atoms with van der Waals surface area (Å²) in [5.41, 5.74) is 1.44. The fourth-order valence-electron chi connectivity index (χ4n) is 2.55. The fourth-order valence-corrected chi connectivity index (χ4v) is 3.13. The number of rotatable bonds is 4. The third kappa shape index (κ3) is 2.70. The molecular weight excluding hydrogens is 304 g/mol. The summed E-state index contributed by atoms with van der Waals surface area (Å²) in [5.74, 6) is -0.310. The van der Waals surface area contributed by atoms with Gasteiger partial charge < -0.3 is 13.9 Å². The number of cyclic esters (lactones) is 1. The number of fused-ring (bicyclic) bond motifs is 1. The second-order valence-corrected chi connectivity index (χ2v) is 6.08. The van der Waals surface area contributed by atoms with Gasteiger partial charge in [0.1, 0.15) is 11.7 Å². The Morgan fingerprint density at radius 3 is 2.86 bits per heavy atom. The van der Waals surface area contributed by atoms with E-state index in [9.17, 15) is 9.59 Å². The molecule has 5 nitrogen and oxygen atoms in total. The van der Waals surface area contributed by atoms with Crippen LogP contribution in [-0.2, 0) is 20.0 Å². The summed E-state index contributed by atoms with van der Waals surface area (Å²) in [6, 6.07) is 7.46. The quantitative estimate of drug-likeness (QED) is 0.806. The van der Waals surface area contributed by atoms with Gasteiger partial charge in [-0.15, -0.1) is 0 Å². The SMILES string of the molecule is CSCc1c(C(=O)O[C@@H]2C[C@@H](C)OC2=O)oc2ccccc12. The van der Waals surface area contributed by atoms with Crippen LogP contribution in [0.1, 0.15) is 29.5 Å². The van der Waals surface area contributed by atoms with Crippen molar-refractivity contribution in [2.24, 2.45) is 0 Å². The monoisotopic (exact) mass is 320 g/mol. The summed E-state index contributed by atoms with van der Waals surface area (Å²) in [6.45, 7) is 1.77. The summed E-state index contributed by atoms with van der Waals surface area (Å²) < 4.78 is 15.9. The Bertz CT molecular complexity index is 720. The molecule has 1 fully saturated rings. The van der Waals surface area contributed by atoms with E-state index in [-0.39, 0.29) is 11.9 Å². The highest BCUT2D eigenvalue weighted by atomic mass is 32.2. The minimum Gasteiger partial charge on any atom is -0.460 e. The summed E-state index contributed by atoms with van der Waals surface area (Å²) in [5, 5.41) is 0.895. The highest BCUT2D eigenvalue weighted by Crippen LogP contribution is 2.30. The molecule has 0 bridgehead atoms. The third-order valence-corrected chi connectivity index (χ3v) is 4.13. The van der Waals surface area contributed by atoms with Crippen molar-refractivity contribution in [2.45, 2.75) is 31.3 Å². The molecule has 2 aromatic rings. The lowest BCUT2D eigenvalue weighted by molar-refractivity contribution is -0.147. The Kier molecular flexibility index (Phi) is 4.11. The Labute approximate surface area is 131 Å². The molecule has 0 radical (unpaired) electrons. The number of thioether (sulfide) groups is 1. The van der Waals surface area contributed by atoms with Crippen LogP contribution in [0.5, 0.6) is 0 Å². The molecule has 2 atom stereocenters. The molecule has 0 N–H and O–H groups in total. The van der Waals surface area contributed by atoms with Crippen molar-refractivity contribution in [3.63, 3.8) is 0 Å². The minimum absolute atomic E-state index is 0.169. The van der Waals surface area contributed by atoms with Gasteiger partial charge in [0.15, 0.2) is 0 Å². The van der Waals surface area contributed by atoms with Crippen LogP contribution >= 0.6 is 11.8 Å². The molecular formula is C16H16O5S. The van der Waals surface area contributed by atoms with E-state index in [0.29, 0.717) is 17.8 Å². The number of para-hydroxylation sites is 1. The lowest BCUT2D eigenvalue weighted by Gasteiger charge is -2.07. The largest absolute Gasteiger partial charge is 0.460 e. The summed E-state index contributed by atoms with van der Waals surface area (Å²) in [6.07, 6.45) is 1.25. The van der Waals surface area contributed by atoms with E-state index in [2.05, 4.69) is 0 Å². The number of esters is 2. The fraction of sp³-hybridized carbons (Fsp3) is 0.375. The number of ether oxygens (including phenoxy) is 2. The molecule has 0 amide bonds. The molecule has 1 aliphatic heterocycles. The van der Waals surface area contributed by atoms with Gasteiger partial charge in [0, 0.05) is 23.1 Å². The molecule has 3 rings (SSSR count). The maximum atomic E-state index is 12.4. The zero-order valence-electron chi connectivity index (χ0n) is 12.3. The van der Waals surface area contributed by atoms with Gasteiger partial charge in [-0.25, -0.2) is 9.59 Å². The topological polar surface area (TPSA) is 65.7 Å². The number of carbonyl (C=O) groups excluding carboxylic acids is 2. The van der Waals surface area contributed by atoms with E-state index in [0.717, 1.165) is 10.9 Å². The van der Waals surface area contributed by atoms with E-state index < -0.39 is 18.0 Å². The first-order valence-corrected chi connectivity index (χ1v) is 8.40. The molecule has 1 aliphatic rings. The average molecular weight is 320 g/mol. The summed E-state index contributed by atoms with van der Waals surface area (Å²) >= 11 is 1.59. The van der Waals surface area contributed by atoms with E-state index in [1.165, 1.54) is 0 Å². The second-order valence-electron chi connectivity index (χ2n) is 5.22. The molecule has 6 heteroatoms. The predicted molar refractivity (Wildman–Crippen MR) is 82.8 cm³/mol. The second kappa shape index (κ2) is 6.04.